The van der Waals surface area contributed by atoms with Gasteiger partial charge in [-0.25, -0.2) is 9.97 Å². The van der Waals surface area contributed by atoms with E-state index >= 15 is 0 Å². The van der Waals surface area contributed by atoms with Gasteiger partial charge in [-0.3, -0.25) is 0 Å². The zero-order valence-corrected chi connectivity index (χ0v) is 15.5. The number of hydrogen-bond acceptors (Lipinski definition) is 8. The molecule has 0 spiro atoms. The second-order valence-corrected chi connectivity index (χ2v) is 6.08. The minimum Gasteiger partial charge on any atom is -0.368 e. The maximum Gasteiger partial charge on any atom is 0.227 e. The van der Waals surface area contributed by atoms with E-state index in [-0.39, 0.29) is 0 Å². The number of nitrogens with zero attached hydrogens (tertiary/aromatic N) is 6. The molecule has 2 rings (SSSR count). The molecule has 0 saturated carbocycles. The van der Waals surface area contributed by atoms with Crippen molar-refractivity contribution in [2.24, 2.45) is 0 Å². The van der Waals surface area contributed by atoms with Gasteiger partial charge in [-0.2, -0.15) is 9.97 Å². The summed E-state index contributed by atoms with van der Waals surface area (Å²) in [6.07, 6.45) is 2.02. The van der Waals surface area contributed by atoms with E-state index in [9.17, 15) is 0 Å². The van der Waals surface area contributed by atoms with Gasteiger partial charge >= 0.3 is 0 Å². The number of anilines is 4. The lowest BCUT2D eigenvalue weighted by Gasteiger charge is -2.18. The van der Waals surface area contributed by atoms with Gasteiger partial charge in [-0.15, -0.1) is 0 Å². The monoisotopic (exact) mass is 332 g/mol. The molecule has 0 saturated heterocycles. The summed E-state index contributed by atoms with van der Waals surface area (Å²) < 4.78 is 0. The van der Waals surface area contributed by atoms with Crippen LogP contribution < -0.4 is 20.4 Å². The number of nitrogens with one attached hydrogen (secondary N) is 2. The molecule has 2 heterocycles. The highest BCUT2D eigenvalue weighted by atomic mass is 15.3. The predicted octanol–water partition coefficient (Wildman–Crippen LogP) is 2.20. The Morgan fingerprint density at radius 2 is 1.04 bits per heavy atom. The van der Waals surface area contributed by atoms with Crippen molar-refractivity contribution in [3.05, 3.63) is 0 Å². The van der Waals surface area contributed by atoms with Crippen LogP contribution in [0.2, 0.25) is 0 Å². The highest BCUT2D eigenvalue weighted by Gasteiger charge is 2.17. The van der Waals surface area contributed by atoms with Crippen LogP contribution in [0.15, 0.2) is 0 Å². The van der Waals surface area contributed by atoms with E-state index in [1.54, 1.807) is 0 Å². The van der Waals surface area contributed by atoms with Crippen LogP contribution in [-0.2, 0) is 0 Å². The molecular formula is C16H28N8. The summed E-state index contributed by atoms with van der Waals surface area (Å²) in [4.78, 5) is 22.4. The van der Waals surface area contributed by atoms with Crippen LogP contribution in [-0.4, -0.2) is 61.2 Å². The molecule has 8 heteroatoms. The number of aromatic nitrogens is 4. The van der Waals surface area contributed by atoms with Crippen LogP contribution in [0.1, 0.15) is 26.7 Å². The van der Waals surface area contributed by atoms with Crippen LogP contribution >= 0.6 is 0 Å². The van der Waals surface area contributed by atoms with E-state index in [1.165, 1.54) is 0 Å². The minimum absolute atomic E-state index is 0.641. The van der Waals surface area contributed by atoms with Gasteiger partial charge in [0.05, 0.1) is 0 Å². The summed E-state index contributed by atoms with van der Waals surface area (Å²) in [7, 11) is 7.72. The van der Waals surface area contributed by atoms with Crippen molar-refractivity contribution in [2.45, 2.75) is 26.7 Å². The summed E-state index contributed by atoms with van der Waals surface area (Å²) >= 11 is 0. The fraction of sp³-hybridized carbons (Fsp3) is 0.625. The summed E-state index contributed by atoms with van der Waals surface area (Å²) in [6, 6.07) is 0. The van der Waals surface area contributed by atoms with Crippen molar-refractivity contribution in [3.63, 3.8) is 0 Å². The number of rotatable bonds is 8. The predicted molar refractivity (Wildman–Crippen MR) is 101 cm³/mol. The van der Waals surface area contributed by atoms with Crippen LogP contribution in [0.25, 0.3) is 11.0 Å². The first kappa shape index (κ1) is 18.0. The molecule has 0 aliphatic carbocycles. The molecule has 2 aromatic rings. The average molecular weight is 332 g/mol. The molecule has 0 aliphatic rings. The average Bonchev–Trinajstić information content (AvgIpc) is 2.56. The lowest BCUT2D eigenvalue weighted by molar-refractivity contribution is 0.940. The summed E-state index contributed by atoms with van der Waals surface area (Å²) in [5.41, 5.74) is 1.48. The minimum atomic E-state index is 0.641. The third-order valence-corrected chi connectivity index (χ3v) is 3.41. The van der Waals surface area contributed by atoms with Crippen molar-refractivity contribution < 1.29 is 0 Å². The van der Waals surface area contributed by atoms with Crippen molar-refractivity contribution in [1.29, 1.82) is 0 Å². The van der Waals surface area contributed by atoms with Crippen LogP contribution in [0.5, 0.6) is 0 Å². The zero-order chi connectivity index (χ0) is 17.7. The van der Waals surface area contributed by atoms with Gasteiger partial charge in [0.25, 0.3) is 0 Å². The smallest absolute Gasteiger partial charge is 0.227 e. The number of hydrogen-bond donors (Lipinski definition) is 2. The van der Waals surface area contributed by atoms with Gasteiger partial charge in [0.1, 0.15) is 11.0 Å². The SMILES string of the molecule is CCCNc1nc(N(C)C)nc2c(NCCC)nc(N(C)C)nc12. The van der Waals surface area contributed by atoms with E-state index in [4.69, 9.17) is 0 Å². The van der Waals surface area contributed by atoms with E-state index in [2.05, 4.69) is 44.4 Å². The normalized spacial score (nSPS) is 10.8. The van der Waals surface area contributed by atoms with Crippen LogP contribution in [0.4, 0.5) is 23.5 Å². The molecule has 0 bridgehead atoms. The van der Waals surface area contributed by atoms with Crippen molar-refractivity contribution in [3.8, 4) is 0 Å². The molecule has 0 radical (unpaired) electrons. The Balaban J connectivity index is 2.69. The first-order valence-corrected chi connectivity index (χ1v) is 8.40. The van der Waals surface area contributed by atoms with Gasteiger partial charge < -0.3 is 20.4 Å². The molecule has 0 unspecified atom stereocenters. The van der Waals surface area contributed by atoms with Crippen molar-refractivity contribution >= 4 is 34.6 Å². The topological polar surface area (TPSA) is 82.1 Å². The summed E-state index contributed by atoms with van der Waals surface area (Å²) in [6.45, 7) is 5.91. The molecule has 8 nitrogen and oxygen atoms in total. The largest absolute Gasteiger partial charge is 0.368 e. The van der Waals surface area contributed by atoms with Gasteiger partial charge in [0, 0.05) is 41.3 Å². The maximum absolute atomic E-state index is 4.67. The third kappa shape index (κ3) is 3.93. The standard InChI is InChI=1S/C16H28N8/c1-7-9-17-13-11-12(20-15(21-13)23(3)4)14(18-10-8-2)22-16(19-11)24(5)6/h7-10H2,1-6H3,(H,17,20,21)(H,18,19,22). The third-order valence-electron chi connectivity index (χ3n) is 3.41. The molecule has 132 valence electrons. The number of fused-ring (bicyclic) bond motifs is 1. The molecule has 0 fully saturated rings. The molecular weight excluding hydrogens is 304 g/mol. The highest BCUT2D eigenvalue weighted by molar-refractivity contribution is 5.94. The van der Waals surface area contributed by atoms with Crippen LogP contribution in [0, 0.1) is 0 Å². The van der Waals surface area contributed by atoms with Crippen molar-refractivity contribution in [2.75, 3.05) is 61.7 Å². The van der Waals surface area contributed by atoms with Gasteiger partial charge in [-0.1, -0.05) is 13.8 Å². The Morgan fingerprint density at radius 1 is 0.667 bits per heavy atom. The Bertz CT molecular complexity index is 624. The molecule has 2 aromatic heterocycles. The summed E-state index contributed by atoms with van der Waals surface area (Å²) in [5.74, 6) is 2.77. The van der Waals surface area contributed by atoms with Gasteiger partial charge in [-0.05, 0) is 12.8 Å². The first-order chi connectivity index (χ1) is 11.5. The Labute approximate surface area is 143 Å². The molecule has 24 heavy (non-hydrogen) atoms. The fourth-order valence-corrected chi connectivity index (χ4v) is 2.13. The van der Waals surface area contributed by atoms with E-state index in [1.807, 2.05) is 38.0 Å². The molecule has 0 aromatic carbocycles. The molecule has 0 aliphatic heterocycles. The molecule has 0 amide bonds. The second-order valence-electron chi connectivity index (χ2n) is 6.08. The highest BCUT2D eigenvalue weighted by Crippen LogP contribution is 2.28. The van der Waals surface area contributed by atoms with E-state index in [0.29, 0.717) is 11.9 Å². The van der Waals surface area contributed by atoms with Gasteiger partial charge in [0.15, 0.2) is 11.6 Å². The fourth-order valence-electron chi connectivity index (χ4n) is 2.13. The summed E-state index contributed by atoms with van der Waals surface area (Å²) in [5, 5.41) is 6.74. The Kier molecular flexibility index (Phi) is 5.94. The lowest BCUT2D eigenvalue weighted by atomic mass is 10.3. The van der Waals surface area contributed by atoms with E-state index < -0.39 is 0 Å². The van der Waals surface area contributed by atoms with Crippen molar-refractivity contribution in [1.82, 2.24) is 19.9 Å². The van der Waals surface area contributed by atoms with Crippen LogP contribution in [0.3, 0.4) is 0 Å². The zero-order valence-electron chi connectivity index (χ0n) is 15.5. The van der Waals surface area contributed by atoms with Gasteiger partial charge in [0.2, 0.25) is 11.9 Å². The second kappa shape index (κ2) is 7.94. The quantitative estimate of drug-likeness (QED) is 0.761. The first-order valence-electron chi connectivity index (χ1n) is 8.40. The Hall–Kier alpha value is -2.38. The molecule has 2 N–H and O–H groups in total. The Morgan fingerprint density at radius 3 is 1.33 bits per heavy atom. The van der Waals surface area contributed by atoms with E-state index in [0.717, 1.165) is 48.6 Å². The lowest BCUT2D eigenvalue weighted by Crippen LogP contribution is -2.18. The molecule has 0 atom stereocenters. The maximum atomic E-state index is 4.67.